The molecule has 0 fully saturated rings. The van der Waals surface area contributed by atoms with Gasteiger partial charge in [-0.1, -0.05) is 29.3 Å². The maximum absolute atomic E-state index is 5.54. The predicted octanol–water partition coefficient (Wildman–Crippen LogP) is 1.51. The summed E-state index contributed by atoms with van der Waals surface area (Å²) in [5.41, 5.74) is 5.54. The van der Waals surface area contributed by atoms with Gasteiger partial charge in [-0.25, -0.2) is 0 Å². The maximum atomic E-state index is 5.54. The fourth-order valence-corrected chi connectivity index (χ4v) is 0.772. The number of rotatable bonds is 3. The lowest BCUT2D eigenvalue weighted by atomic mass is 10.2. The Labute approximate surface area is 53.4 Å². The van der Waals surface area contributed by atoms with Gasteiger partial charge < -0.3 is 5.73 Å². The highest BCUT2D eigenvalue weighted by molar-refractivity contribution is 9.09. The fraction of sp³-hybridized carbons (Fsp3) is 1.00. The van der Waals surface area contributed by atoms with E-state index in [4.69, 9.17) is 5.73 Å². The van der Waals surface area contributed by atoms with E-state index in [9.17, 15) is 0 Å². The molecule has 0 saturated carbocycles. The highest BCUT2D eigenvalue weighted by atomic mass is 79.9. The predicted molar refractivity (Wildman–Crippen MR) is 36.7 cm³/mol. The summed E-state index contributed by atoms with van der Waals surface area (Å²) in [7, 11) is 0. The van der Waals surface area contributed by atoms with Crippen molar-refractivity contribution in [3.05, 3.63) is 0 Å². The first-order valence-electron chi connectivity index (χ1n) is 2.62. The highest BCUT2D eigenvalue weighted by Crippen LogP contribution is 1.95. The van der Waals surface area contributed by atoms with Gasteiger partial charge in [0.1, 0.15) is 0 Å². The fourth-order valence-electron chi connectivity index (χ4n) is 0.448. The molecule has 0 aromatic carbocycles. The zero-order valence-corrected chi connectivity index (χ0v) is 6.24. The SMILES string of the molecule is CCC[C@@H](N)CBr. The summed E-state index contributed by atoms with van der Waals surface area (Å²) in [5.74, 6) is 0. The van der Waals surface area contributed by atoms with Gasteiger partial charge in [0.2, 0.25) is 0 Å². The number of hydrogen-bond acceptors (Lipinski definition) is 1. The summed E-state index contributed by atoms with van der Waals surface area (Å²) in [6, 6.07) is 0.366. The van der Waals surface area contributed by atoms with Crippen molar-refractivity contribution >= 4 is 15.9 Å². The van der Waals surface area contributed by atoms with Crippen molar-refractivity contribution in [1.82, 2.24) is 0 Å². The molecule has 0 heterocycles. The van der Waals surface area contributed by atoms with Crippen molar-refractivity contribution in [2.45, 2.75) is 25.8 Å². The summed E-state index contributed by atoms with van der Waals surface area (Å²) in [6.45, 7) is 2.14. The highest BCUT2D eigenvalue weighted by Gasteiger charge is 1.94. The maximum Gasteiger partial charge on any atom is 0.0183 e. The monoisotopic (exact) mass is 165 g/mol. The second kappa shape index (κ2) is 4.60. The number of nitrogens with two attached hydrogens (primary N) is 1. The molecule has 0 aliphatic heterocycles. The average Bonchev–Trinajstić information content (AvgIpc) is 1.68. The van der Waals surface area contributed by atoms with Crippen LogP contribution in [0.2, 0.25) is 0 Å². The molecule has 1 atom stereocenters. The molecule has 0 amide bonds. The molecule has 1 nitrogen and oxygen atoms in total. The van der Waals surface area contributed by atoms with Crippen LogP contribution in [0.3, 0.4) is 0 Å². The first-order valence-corrected chi connectivity index (χ1v) is 3.75. The van der Waals surface area contributed by atoms with Crippen molar-refractivity contribution in [1.29, 1.82) is 0 Å². The molecule has 2 heteroatoms. The van der Waals surface area contributed by atoms with Gasteiger partial charge in [0, 0.05) is 11.4 Å². The molecule has 0 radical (unpaired) electrons. The van der Waals surface area contributed by atoms with Crippen molar-refractivity contribution in [2.75, 3.05) is 5.33 Å². The molecule has 0 aromatic rings. The van der Waals surface area contributed by atoms with Crippen molar-refractivity contribution in [2.24, 2.45) is 5.73 Å². The minimum atomic E-state index is 0.366. The Hall–Kier alpha value is 0.440. The van der Waals surface area contributed by atoms with Crippen LogP contribution < -0.4 is 5.73 Å². The van der Waals surface area contributed by atoms with Gasteiger partial charge in [-0.2, -0.15) is 0 Å². The third-order valence-corrected chi connectivity index (χ3v) is 1.69. The summed E-state index contributed by atoms with van der Waals surface area (Å²) < 4.78 is 0. The topological polar surface area (TPSA) is 26.0 Å². The van der Waals surface area contributed by atoms with E-state index in [1.165, 1.54) is 6.42 Å². The van der Waals surface area contributed by atoms with Gasteiger partial charge in [-0.05, 0) is 6.42 Å². The van der Waals surface area contributed by atoms with Gasteiger partial charge in [-0.15, -0.1) is 0 Å². The van der Waals surface area contributed by atoms with Crippen LogP contribution in [0.5, 0.6) is 0 Å². The van der Waals surface area contributed by atoms with Crippen LogP contribution in [0.1, 0.15) is 19.8 Å². The summed E-state index contributed by atoms with van der Waals surface area (Å²) in [6.07, 6.45) is 2.32. The van der Waals surface area contributed by atoms with Gasteiger partial charge in [0.25, 0.3) is 0 Å². The van der Waals surface area contributed by atoms with Crippen molar-refractivity contribution in [3.63, 3.8) is 0 Å². The van der Waals surface area contributed by atoms with E-state index in [1.807, 2.05) is 0 Å². The lowest BCUT2D eigenvalue weighted by Gasteiger charge is -2.01. The second-order valence-corrected chi connectivity index (χ2v) is 2.35. The van der Waals surface area contributed by atoms with E-state index < -0.39 is 0 Å². The molecule has 0 bridgehead atoms. The first kappa shape index (κ1) is 7.44. The van der Waals surface area contributed by atoms with E-state index in [0.29, 0.717) is 6.04 Å². The smallest absolute Gasteiger partial charge is 0.0183 e. The molecule has 7 heavy (non-hydrogen) atoms. The van der Waals surface area contributed by atoms with E-state index in [0.717, 1.165) is 11.8 Å². The van der Waals surface area contributed by atoms with Crippen LogP contribution in [0, 0.1) is 0 Å². The molecule has 2 N–H and O–H groups in total. The molecule has 0 unspecified atom stereocenters. The van der Waals surface area contributed by atoms with Crippen LogP contribution in [0.25, 0.3) is 0 Å². The number of hydrogen-bond donors (Lipinski definition) is 1. The molecule has 0 saturated heterocycles. The van der Waals surface area contributed by atoms with E-state index in [2.05, 4.69) is 22.9 Å². The van der Waals surface area contributed by atoms with Crippen LogP contribution in [0.4, 0.5) is 0 Å². The largest absolute Gasteiger partial charge is 0.327 e. The van der Waals surface area contributed by atoms with E-state index in [1.54, 1.807) is 0 Å². The Kier molecular flexibility index (Phi) is 4.88. The van der Waals surface area contributed by atoms with Gasteiger partial charge >= 0.3 is 0 Å². The van der Waals surface area contributed by atoms with E-state index >= 15 is 0 Å². The third-order valence-electron chi connectivity index (χ3n) is 0.858. The van der Waals surface area contributed by atoms with Crippen LogP contribution in [-0.2, 0) is 0 Å². The minimum Gasteiger partial charge on any atom is -0.327 e. The Bertz CT molecular complexity index is 39.1. The van der Waals surface area contributed by atoms with Gasteiger partial charge in [0.05, 0.1) is 0 Å². The Morgan fingerprint density at radius 1 is 1.71 bits per heavy atom. The molecule has 0 spiro atoms. The van der Waals surface area contributed by atoms with Gasteiger partial charge in [-0.3, -0.25) is 0 Å². The molecule has 0 rings (SSSR count). The molecule has 44 valence electrons. The van der Waals surface area contributed by atoms with Crippen molar-refractivity contribution < 1.29 is 0 Å². The summed E-state index contributed by atoms with van der Waals surface area (Å²) in [4.78, 5) is 0. The zero-order chi connectivity index (χ0) is 5.70. The standard InChI is InChI=1S/C5H12BrN/c1-2-3-5(7)4-6/h5H,2-4,7H2,1H3/t5-/m1/s1. The first-order chi connectivity index (χ1) is 3.31. The third kappa shape index (κ3) is 4.29. The average molecular weight is 166 g/mol. The second-order valence-electron chi connectivity index (χ2n) is 1.70. The van der Waals surface area contributed by atoms with Gasteiger partial charge in [0.15, 0.2) is 0 Å². The van der Waals surface area contributed by atoms with E-state index in [-0.39, 0.29) is 0 Å². The zero-order valence-electron chi connectivity index (χ0n) is 4.65. The number of alkyl halides is 1. The summed E-state index contributed by atoms with van der Waals surface area (Å²) in [5, 5.41) is 0.931. The van der Waals surface area contributed by atoms with Crippen LogP contribution in [0.15, 0.2) is 0 Å². The molecule has 0 aromatic heterocycles. The summed E-state index contributed by atoms with van der Waals surface area (Å²) >= 11 is 3.29. The Balaban J connectivity index is 2.83. The molecular weight excluding hydrogens is 154 g/mol. The molecule has 0 aliphatic carbocycles. The van der Waals surface area contributed by atoms with Crippen LogP contribution >= 0.6 is 15.9 Å². The lowest BCUT2D eigenvalue weighted by Crippen LogP contribution is -2.20. The van der Waals surface area contributed by atoms with Crippen LogP contribution in [-0.4, -0.2) is 11.4 Å². The molecule has 0 aliphatic rings. The quantitative estimate of drug-likeness (QED) is 0.631. The lowest BCUT2D eigenvalue weighted by molar-refractivity contribution is 0.664. The molecular formula is C5H12BrN. The Morgan fingerprint density at radius 3 is 2.43 bits per heavy atom. The Morgan fingerprint density at radius 2 is 2.29 bits per heavy atom. The normalized spacial score (nSPS) is 14.1. The number of halogens is 1. The minimum absolute atomic E-state index is 0.366. The van der Waals surface area contributed by atoms with Crippen molar-refractivity contribution in [3.8, 4) is 0 Å².